The highest BCUT2D eigenvalue weighted by Crippen LogP contribution is 2.14. The molecule has 3 aromatic rings. The molecule has 10 nitrogen and oxygen atoms in total. The van der Waals surface area contributed by atoms with Crippen LogP contribution in [0.2, 0.25) is 0 Å². The Labute approximate surface area is 173 Å². The molecular weight excluding hydrogens is 408 g/mol. The number of carbonyl (C=O) groups is 1. The Morgan fingerprint density at radius 2 is 1.90 bits per heavy atom. The summed E-state index contributed by atoms with van der Waals surface area (Å²) in [5.41, 5.74) is 0.177. The number of sulfonamides is 1. The fourth-order valence-electron chi connectivity index (χ4n) is 2.66. The number of aromatic nitrogens is 4. The molecule has 0 bridgehead atoms. The van der Waals surface area contributed by atoms with Crippen LogP contribution in [0.3, 0.4) is 0 Å². The third-order valence-electron chi connectivity index (χ3n) is 4.13. The van der Waals surface area contributed by atoms with Crippen molar-refractivity contribution < 1.29 is 13.2 Å². The predicted octanol–water partition coefficient (Wildman–Crippen LogP) is 1.15. The minimum absolute atomic E-state index is 0.0210. The van der Waals surface area contributed by atoms with Crippen LogP contribution in [0, 0.1) is 0 Å². The van der Waals surface area contributed by atoms with Gasteiger partial charge < -0.3 is 5.32 Å². The molecule has 2 aromatic heterocycles. The Morgan fingerprint density at radius 1 is 1.13 bits per heavy atom. The van der Waals surface area contributed by atoms with Crippen LogP contribution >= 0.6 is 0 Å². The molecule has 0 fully saturated rings. The molecule has 0 aliphatic carbocycles. The highest BCUT2D eigenvalue weighted by Gasteiger charge is 2.14. The lowest BCUT2D eigenvalue weighted by molar-refractivity contribution is -0.116. The number of benzene rings is 1. The third kappa shape index (κ3) is 5.39. The van der Waals surface area contributed by atoms with Gasteiger partial charge in [-0.1, -0.05) is 6.92 Å². The molecule has 3 rings (SSSR count). The van der Waals surface area contributed by atoms with Crippen LogP contribution in [0.15, 0.2) is 64.5 Å². The molecule has 0 spiro atoms. The second-order valence-electron chi connectivity index (χ2n) is 6.42. The largest absolute Gasteiger partial charge is 0.326 e. The molecule has 11 heteroatoms. The zero-order valence-electron chi connectivity index (χ0n) is 16.4. The van der Waals surface area contributed by atoms with E-state index in [1.807, 2.05) is 6.92 Å². The zero-order chi connectivity index (χ0) is 21.6. The van der Waals surface area contributed by atoms with E-state index in [4.69, 9.17) is 0 Å². The van der Waals surface area contributed by atoms with Gasteiger partial charge in [-0.15, -0.1) is 5.10 Å². The summed E-state index contributed by atoms with van der Waals surface area (Å²) in [6, 6.07) is 10.5. The number of hydrogen-bond acceptors (Lipinski definition) is 6. The lowest BCUT2D eigenvalue weighted by atomic mass is 10.3. The molecule has 0 aliphatic rings. The van der Waals surface area contributed by atoms with E-state index in [1.165, 1.54) is 45.8 Å². The Balaban J connectivity index is 1.62. The van der Waals surface area contributed by atoms with Crippen LogP contribution in [-0.4, -0.2) is 40.4 Å². The van der Waals surface area contributed by atoms with Gasteiger partial charge in [0.25, 0.3) is 5.56 Å². The van der Waals surface area contributed by atoms with Crippen LogP contribution in [0.5, 0.6) is 0 Å². The van der Waals surface area contributed by atoms with Gasteiger partial charge in [0.2, 0.25) is 15.9 Å². The summed E-state index contributed by atoms with van der Waals surface area (Å²) in [6.45, 7) is 1.93. The molecule has 0 radical (unpaired) electrons. The maximum atomic E-state index is 12.5. The van der Waals surface area contributed by atoms with Gasteiger partial charge in [-0.25, -0.2) is 22.5 Å². The number of carbonyl (C=O) groups excluding carboxylic acids is 1. The van der Waals surface area contributed by atoms with Crippen molar-refractivity contribution in [3.8, 4) is 5.82 Å². The Hall–Kier alpha value is -3.31. The van der Waals surface area contributed by atoms with E-state index in [2.05, 4.69) is 20.2 Å². The number of nitrogens with one attached hydrogen (secondary N) is 2. The minimum atomic E-state index is -3.78. The van der Waals surface area contributed by atoms with Crippen molar-refractivity contribution >= 4 is 21.6 Å². The van der Waals surface area contributed by atoms with Crippen molar-refractivity contribution in [2.24, 2.45) is 0 Å². The summed E-state index contributed by atoms with van der Waals surface area (Å²) >= 11 is 0. The number of nitrogens with zero attached hydrogens (tertiary/aromatic N) is 4. The normalized spacial score (nSPS) is 11.4. The van der Waals surface area contributed by atoms with Gasteiger partial charge in [0.1, 0.15) is 0 Å². The SMILES string of the molecule is CCCC(=O)Nc1ccc(S(=O)(=O)NCCn2nc(-n3cccn3)ccc2=O)cc1. The molecule has 2 N–H and O–H groups in total. The summed E-state index contributed by atoms with van der Waals surface area (Å²) in [5, 5.41) is 10.9. The Kier molecular flexibility index (Phi) is 6.75. The highest BCUT2D eigenvalue weighted by atomic mass is 32.2. The average molecular weight is 430 g/mol. The molecule has 0 aliphatic heterocycles. The van der Waals surface area contributed by atoms with Gasteiger partial charge in [0, 0.05) is 37.1 Å². The van der Waals surface area contributed by atoms with Crippen LogP contribution in [0.1, 0.15) is 19.8 Å². The van der Waals surface area contributed by atoms with Gasteiger partial charge in [-0.3, -0.25) is 9.59 Å². The lowest BCUT2D eigenvalue weighted by Gasteiger charge is -2.10. The number of rotatable bonds is 9. The van der Waals surface area contributed by atoms with Crippen molar-refractivity contribution in [2.45, 2.75) is 31.2 Å². The summed E-state index contributed by atoms with van der Waals surface area (Å²) in [6.07, 6.45) is 4.40. The first kappa shape index (κ1) is 21.4. The van der Waals surface area contributed by atoms with Gasteiger partial charge >= 0.3 is 0 Å². The van der Waals surface area contributed by atoms with Crippen molar-refractivity contribution in [1.29, 1.82) is 0 Å². The molecule has 158 valence electrons. The van der Waals surface area contributed by atoms with Gasteiger partial charge in [-0.05, 0) is 42.8 Å². The third-order valence-corrected chi connectivity index (χ3v) is 5.61. The molecule has 0 saturated carbocycles. The average Bonchev–Trinajstić information content (AvgIpc) is 3.25. The molecule has 0 saturated heterocycles. The van der Waals surface area contributed by atoms with E-state index >= 15 is 0 Å². The first-order valence-electron chi connectivity index (χ1n) is 9.37. The molecular formula is C19H22N6O4S. The summed E-state index contributed by atoms with van der Waals surface area (Å²) < 4.78 is 30.1. The second kappa shape index (κ2) is 9.46. The van der Waals surface area contributed by atoms with Crippen LogP contribution < -0.4 is 15.6 Å². The van der Waals surface area contributed by atoms with E-state index in [-0.39, 0.29) is 29.5 Å². The predicted molar refractivity (Wildman–Crippen MR) is 111 cm³/mol. The first-order chi connectivity index (χ1) is 14.4. The minimum Gasteiger partial charge on any atom is -0.326 e. The summed E-state index contributed by atoms with van der Waals surface area (Å²) in [5.74, 6) is 0.324. The summed E-state index contributed by atoms with van der Waals surface area (Å²) in [4.78, 5) is 23.7. The molecule has 30 heavy (non-hydrogen) atoms. The Morgan fingerprint density at radius 3 is 2.57 bits per heavy atom. The van der Waals surface area contributed by atoms with Crippen molar-refractivity contribution in [1.82, 2.24) is 24.3 Å². The van der Waals surface area contributed by atoms with Gasteiger partial charge in [0.05, 0.1) is 11.4 Å². The first-order valence-corrected chi connectivity index (χ1v) is 10.8. The van der Waals surface area contributed by atoms with Crippen LogP contribution in [-0.2, 0) is 21.4 Å². The standard InChI is InChI=1S/C19H22N6O4S/c1-2-4-18(26)22-15-5-7-16(8-6-15)30(28,29)21-12-14-25-19(27)10-9-17(23-25)24-13-3-11-20-24/h3,5-11,13,21H,2,4,12,14H2,1H3,(H,22,26). The van der Waals surface area contributed by atoms with E-state index < -0.39 is 10.0 Å². The van der Waals surface area contributed by atoms with Crippen molar-refractivity contribution in [2.75, 3.05) is 11.9 Å². The lowest BCUT2D eigenvalue weighted by Crippen LogP contribution is -2.32. The quantitative estimate of drug-likeness (QED) is 0.524. The van der Waals surface area contributed by atoms with Gasteiger partial charge in [-0.2, -0.15) is 5.10 Å². The fraction of sp³-hybridized carbons (Fsp3) is 0.263. The highest BCUT2D eigenvalue weighted by molar-refractivity contribution is 7.89. The molecule has 1 aromatic carbocycles. The fourth-order valence-corrected chi connectivity index (χ4v) is 3.68. The van der Waals surface area contributed by atoms with E-state index in [0.29, 0.717) is 17.9 Å². The maximum Gasteiger partial charge on any atom is 0.266 e. The molecule has 0 unspecified atom stereocenters. The van der Waals surface area contributed by atoms with Gasteiger partial charge in [0.15, 0.2) is 5.82 Å². The number of amides is 1. The second-order valence-corrected chi connectivity index (χ2v) is 8.19. The summed E-state index contributed by atoms with van der Waals surface area (Å²) in [7, 11) is -3.78. The number of anilines is 1. The number of hydrogen-bond donors (Lipinski definition) is 2. The molecule has 1 amide bonds. The molecule has 0 atom stereocenters. The van der Waals surface area contributed by atoms with Crippen LogP contribution in [0.25, 0.3) is 5.82 Å². The molecule has 2 heterocycles. The van der Waals surface area contributed by atoms with E-state index in [0.717, 1.165) is 6.42 Å². The van der Waals surface area contributed by atoms with E-state index in [1.54, 1.807) is 18.5 Å². The van der Waals surface area contributed by atoms with E-state index in [9.17, 15) is 18.0 Å². The zero-order valence-corrected chi connectivity index (χ0v) is 17.2. The topological polar surface area (TPSA) is 128 Å². The maximum absolute atomic E-state index is 12.5. The smallest absolute Gasteiger partial charge is 0.266 e. The monoisotopic (exact) mass is 430 g/mol. The van der Waals surface area contributed by atoms with Crippen LogP contribution in [0.4, 0.5) is 5.69 Å². The van der Waals surface area contributed by atoms with Crippen molar-refractivity contribution in [3.63, 3.8) is 0 Å². The van der Waals surface area contributed by atoms with Crippen molar-refractivity contribution in [3.05, 3.63) is 65.2 Å². The Bertz CT molecular complexity index is 1150.